The summed E-state index contributed by atoms with van der Waals surface area (Å²) in [6, 6.07) is 25.8. The second-order valence-electron chi connectivity index (χ2n) is 10.4. The Kier molecular flexibility index (Phi) is 10.9. The van der Waals surface area contributed by atoms with E-state index in [-0.39, 0.29) is 17.9 Å². The maximum absolute atomic E-state index is 13.9. The third-order valence-electron chi connectivity index (χ3n) is 7.31. The Hall–Kier alpha value is -3.25. The van der Waals surface area contributed by atoms with Crippen LogP contribution in [-0.4, -0.2) is 41.7 Å². The van der Waals surface area contributed by atoms with E-state index in [1.54, 1.807) is 23.8 Å². The summed E-state index contributed by atoms with van der Waals surface area (Å²) in [4.78, 5) is 29.5. The first-order chi connectivity index (χ1) is 19.0. The van der Waals surface area contributed by atoms with Crippen molar-refractivity contribution in [2.24, 2.45) is 0 Å². The molecule has 3 aromatic carbocycles. The van der Waals surface area contributed by atoms with Crippen LogP contribution in [0.4, 0.5) is 0 Å². The van der Waals surface area contributed by atoms with Gasteiger partial charge in [0.15, 0.2) is 0 Å². The molecule has 1 fully saturated rings. The predicted octanol–water partition coefficient (Wildman–Crippen LogP) is 6.33. The molecule has 3 aromatic rings. The number of nitrogens with one attached hydrogen (secondary N) is 1. The third kappa shape index (κ3) is 8.89. The van der Waals surface area contributed by atoms with E-state index >= 15 is 0 Å². The van der Waals surface area contributed by atoms with E-state index in [9.17, 15) is 9.59 Å². The van der Waals surface area contributed by atoms with E-state index in [2.05, 4.69) is 24.4 Å². The Morgan fingerprint density at radius 3 is 2.33 bits per heavy atom. The number of amides is 2. The lowest BCUT2D eigenvalue weighted by atomic mass is 9.94. The van der Waals surface area contributed by atoms with Crippen molar-refractivity contribution in [3.63, 3.8) is 0 Å². The van der Waals surface area contributed by atoms with Crippen molar-refractivity contribution in [2.75, 3.05) is 12.9 Å². The van der Waals surface area contributed by atoms with Gasteiger partial charge in [0.25, 0.3) is 0 Å². The smallest absolute Gasteiger partial charge is 0.243 e. The Morgan fingerprint density at radius 1 is 0.923 bits per heavy atom. The van der Waals surface area contributed by atoms with Gasteiger partial charge in [-0.1, -0.05) is 91.6 Å². The minimum absolute atomic E-state index is 0.0188. The van der Waals surface area contributed by atoms with Crippen LogP contribution in [0.1, 0.15) is 54.4 Å². The molecule has 0 bridgehead atoms. The molecule has 0 heterocycles. The molecular weight excluding hydrogens is 504 g/mol. The zero-order valence-corrected chi connectivity index (χ0v) is 23.9. The first kappa shape index (κ1) is 28.8. The van der Waals surface area contributed by atoms with Crippen molar-refractivity contribution < 1.29 is 14.3 Å². The Morgan fingerprint density at radius 2 is 1.64 bits per heavy atom. The zero-order chi connectivity index (χ0) is 27.5. The lowest BCUT2D eigenvalue weighted by molar-refractivity contribution is -0.139. The van der Waals surface area contributed by atoms with E-state index in [4.69, 9.17) is 4.74 Å². The van der Waals surface area contributed by atoms with Crippen LogP contribution in [0.5, 0.6) is 5.75 Å². The number of rotatable bonds is 12. The van der Waals surface area contributed by atoms with Crippen LogP contribution < -0.4 is 10.1 Å². The van der Waals surface area contributed by atoms with Gasteiger partial charge in [0.05, 0.1) is 12.9 Å². The molecule has 1 aliphatic carbocycles. The predicted molar refractivity (Wildman–Crippen MR) is 160 cm³/mol. The van der Waals surface area contributed by atoms with Gasteiger partial charge < -0.3 is 15.0 Å². The SMILES string of the molecule is COc1ccc(CSCC(=O)N(Cc2cccc(C)c2)[C@@H](Cc2ccccc2)C(=O)NC2CCCCC2)cc1. The fraction of sp³-hybridized carbons (Fsp3) is 0.394. The molecule has 2 amide bonds. The third-order valence-corrected chi connectivity index (χ3v) is 8.30. The van der Waals surface area contributed by atoms with Gasteiger partial charge in [-0.25, -0.2) is 0 Å². The highest BCUT2D eigenvalue weighted by Crippen LogP contribution is 2.22. The monoisotopic (exact) mass is 544 g/mol. The van der Waals surface area contributed by atoms with Crippen molar-refractivity contribution in [2.45, 2.75) is 69.8 Å². The Bertz CT molecular complexity index is 1190. The van der Waals surface area contributed by atoms with Crippen molar-refractivity contribution in [3.05, 3.63) is 101 Å². The largest absolute Gasteiger partial charge is 0.497 e. The van der Waals surface area contributed by atoms with Crippen molar-refractivity contribution >= 4 is 23.6 Å². The lowest BCUT2D eigenvalue weighted by Crippen LogP contribution is -2.53. The maximum atomic E-state index is 13.9. The van der Waals surface area contributed by atoms with Crippen molar-refractivity contribution in [3.8, 4) is 5.75 Å². The standard InChI is InChI=1S/C33H40N2O3S/c1-25-10-9-13-28(20-25)22-35(32(36)24-39-23-27-16-18-30(38-2)19-17-27)31(21-26-11-5-3-6-12-26)33(37)34-29-14-7-4-8-15-29/h3,5-6,9-13,16-20,29,31H,4,7-8,14-15,21-24H2,1-2H3,(H,34,37)/t31-/m0/s1. The number of ether oxygens (including phenoxy) is 1. The lowest BCUT2D eigenvalue weighted by Gasteiger charge is -2.33. The summed E-state index contributed by atoms with van der Waals surface area (Å²) in [7, 11) is 1.65. The summed E-state index contributed by atoms with van der Waals surface area (Å²) < 4.78 is 5.25. The van der Waals surface area contributed by atoms with Crippen LogP contribution in [0.2, 0.25) is 0 Å². The van der Waals surface area contributed by atoms with E-state index in [1.807, 2.05) is 66.7 Å². The van der Waals surface area contributed by atoms with Gasteiger partial charge in [0.1, 0.15) is 11.8 Å². The normalized spacial score (nSPS) is 14.4. The fourth-order valence-electron chi connectivity index (χ4n) is 5.17. The average molecular weight is 545 g/mol. The van der Waals surface area contributed by atoms with E-state index < -0.39 is 6.04 Å². The number of hydrogen-bond donors (Lipinski definition) is 1. The summed E-state index contributed by atoms with van der Waals surface area (Å²) in [5, 5.41) is 3.31. The van der Waals surface area contributed by atoms with Crippen LogP contribution >= 0.6 is 11.8 Å². The molecule has 5 nitrogen and oxygen atoms in total. The van der Waals surface area contributed by atoms with Crippen molar-refractivity contribution in [1.29, 1.82) is 0 Å². The maximum Gasteiger partial charge on any atom is 0.243 e. The molecule has 1 atom stereocenters. The molecule has 0 radical (unpaired) electrons. The summed E-state index contributed by atoms with van der Waals surface area (Å²) >= 11 is 1.58. The van der Waals surface area contributed by atoms with Crippen LogP contribution in [0, 0.1) is 6.92 Å². The van der Waals surface area contributed by atoms with Gasteiger partial charge in [-0.05, 0) is 48.6 Å². The Labute approximate surface area is 237 Å². The number of carbonyl (C=O) groups excluding carboxylic acids is 2. The fourth-order valence-corrected chi connectivity index (χ4v) is 6.04. The summed E-state index contributed by atoms with van der Waals surface area (Å²) in [6.45, 7) is 2.46. The van der Waals surface area contributed by atoms with E-state index in [0.29, 0.717) is 24.5 Å². The summed E-state index contributed by atoms with van der Waals surface area (Å²) in [5.74, 6) is 1.77. The molecule has 1 aliphatic rings. The van der Waals surface area contributed by atoms with Gasteiger partial charge in [-0.15, -0.1) is 11.8 Å². The number of nitrogens with zero attached hydrogens (tertiary/aromatic N) is 1. The molecule has 6 heteroatoms. The molecule has 0 spiro atoms. The van der Waals surface area contributed by atoms with Crippen LogP contribution in [-0.2, 0) is 28.3 Å². The van der Waals surface area contributed by atoms with Gasteiger partial charge in [0.2, 0.25) is 11.8 Å². The second kappa shape index (κ2) is 14.8. The number of thioether (sulfide) groups is 1. The van der Waals surface area contributed by atoms with Gasteiger partial charge >= 0.3 is 0 Å². The highest BCUT2D eigenvalue weighted by Gasteiger charge is 2.31. The van der Waals surface area contributed by atoms with Crippen LogP contribution in [0.25, 0.3) is 0 Å². The topological polar surface area (TPSA) is 58.6 Å². The molecule has 39 heavy (non-hydrogen) atoms. The second-order valence-corrected chi connectivity index (χ2v) is 11.4. The molecule has 0 aliphatic heterocycles. The number of carbonyl (C=O) groups is 2. The molecule has 206 valence electrons. The average Bonchev–Trinajstić information content (AvgIpc) is 2.96. The zero-order valence-electron chi connectivity index (χ0n) is 23.1. The first-order valence-corrected chi connectivity index (χ1v) is 15.1. The molecular formula is C33H40N2O3S. The minimum atomic E-state index is -0.580. The molecule has 1 saturated carbocycles. The number of benzene rings is 3. The van der Waals surface area contributed by atoms with Crippen molar-refractivity contribution in [1.82, 2.24) is 10.2 Å². The molecule has 4 rings (SSSR count). The molecule has 1 N–H and O–H groups in total. The summed E-state index contributed by atoms with van der Waals surface area (Å²) in [6.07, 6.45) is 6.01. The quantitative estimate of drug-likeness (QED) is 0.290. The number of methoxy groups -OCH3 is 1. The van der Waals surface area contributed by atoms with E-state index in [0.717, 1.165) is 53.7 Å². The molecule has 0 saturated heterocycles. The van der Waals surface area contributed by atoms with E-state index in [1.165, 1.54) is 6.42 Å². The van der Waals surface area contributed by atoms with Gasteiger partial charge in [-0.2, -0.15) is 0 Å². The van der Waals surface area contributed by atoms with Gasteiger partial charge in [0, 0.05) is 24.8 Å². The highest BCUT2D eigenvalue weighted by molar-refractivity contribution is 7.99. The van der Waals surface area contributed by atoms with Crippen LogP contribution in [0.3, 0.4) is 0 Å². The molecule has 0 aromatic heterocycles. The summed E-state index contributed by atoms with van der Waals surface area (Å²) in [5.41, 5.74) is 4.36. The Balaban J connectivity index is 1.55. The number of hydrogen-bond acceptors (Lipinski definition) is 4. The highest BCUT2D eigenvalue weighted by atomic mass is 32.2. The molecule has 0 unspecified atom stereocenters. The van der Waals surface area contributed by atoms with Gasteiger partial charge in [-0.3, -0.25) is 9.59 Å². The minimum Gasteiger partial charge on any atom is -0.497 e. The van der Waals surface area contributed by atoms with Crippen LogP contribution in [0.15, 0.2) is 78.9 Å². The first-order valence-electron chi connectivity index (χ1n) is 13.9. The number of aryl methyl sites for hydroxylation is 1.